The van der Waals surface area contributed by atoms with E-state index in [0.717, 1.165) is 35.5 Å². The molecule has 0 aromatic carbocycles. The third kappa shape index (κ3) is 3.26. The van der Waals surface area contributed by atoms with Crippen molar-refractivity contribution in [3.8, 4) is 10.6 Å². The zero-order valence-corrected chi connectivity index (χ0v) is 16.2. The molecular formula is C20H23N3O2S. The van der Waals surface area contributed by atoms with E-state index in [4.69, 9.17) is 4.52 Å². The number of nitrogens with zero attached hydrogens (tertiary/aromatic N) is 3. The van der Waals surface area contributed by atoms with Crippen molar-refractivity contribution in [3.63, 3.8) is 0 Å². The summed E-state index contributed by atoms with van der Waals surface area (Å²) in [4.78, 5) is 22.2. The SMILES string of the molecule is CCCN(CC1CC1)C(=O)c1cc(-c2ccc(C)s2)nc2onc(C)c12. The van der Waals surface area contributed by atoms with Gasteiger partial charge in [0.05, 0.1) is 27.2 Å². The molecule has 1 saturated carbocycles. The van der Waals surface area contributed by atoms with Gasteiger partial charge in [-0.3, -0.25) is 4.79 Å². The first kappa shape index (κ1) is 17.2. The molecule has 0 N–H and O–H groups in total. The number of aryl methyl sites for hydroxylation is 2. The standard InChI is InChI=1S/C20H23N3O2S/c1-4-9-23(11-14-6-7-14)20(24)15-10-16(17-8-5-12(2)26-17)21-19-18(15)13(3)22-25-19/h5,8,10,14H,4,6-7,9,11H2,1-3H3. The van der Waals surface area contributed by atoms with Gasteiger partial charge in [0.15, 0.2) is 0 Å². The van der Waals surface area contributed by atoms with Gasteiger partial charge >= 0.3 is 0 Å². The Morgan fingerprint density at radius 1 is 1.35 bits per heavy atom. The van der Waals surface area contributed by atoms with Crippen molar-refractivity contribution >= 4 is 28.3 Å². The number of amides is 1. The number of carbonyl (C=O) groups excluding carboxylic acids is 1. The van der Waals surface area contributed by atoms with Crippen molar-refractivity contribution in [2.75, 3.05) is 13.1 Å². The lowest BCUT2D eigenvalue weighted by Gasteiger charge is -2.22. The maximum absolute atomic E-state index is 13.4. The van der Waals surface area contributed by atoms with Crippen LogP contribution in [0.1, 0.15) is 47.1 Å². The summed E-state index contributed by atoms with van der Waals surface area (Å²) in [5.74, 6) is 0.720. The Kier molecular flexibility index (Phi) is 4.53. The van der Waals surface area contributed by atoms with Crippen LogP contribution in [0.25, 0.3) is 21.7 Å². The fourth-order valence-electron chi connectivity index (χ4n) is 3.29. The molecule has 0 bridgehead atoms. The van der Waals surface area contributed by atoms with E-state index >= 15 is 0 Å². The van der Waals surface area contributed by atoms with E-state index < -0.39 is 0 Å². The van der Waals surface area contributed by atoms with E-state index in [1.807, 2.05) is 24.0 Å². The Bertz CT molecular complexity index is 955. The molecule has 0 radical (unpaired) electrons. The molecule has 0 saturated heterocycles. The molecule has 1 amide bonds. The first-order valence-corrected chi connectivity index (χ1v) is 10.0. The van der Waals surface area contributed by atoms with Crippen LogP contribution in [0.5, 0.6) is 0 Å². The highest BCUT2D eigenvalue weighted by Crippen LogP contribution is 2.33. The summed E-state index contributed by atoms with van der Waals surface area (Å²) in [6.45, 7) is 7.66. The molecule has 1 aliphatic rings. The van der Waals surface area contributed by atoms with Crippen molar-refractivity contribution < 1.29 is 9.32 Å². The summed E-state index contributed by atoms with van der Waals surface area (Å²) in [6, 6.07) is 6.02. The van der Waals surface area contributed by atoms with Gasteiger partial charge < -0.3 is 9.42 Å². The normalized spacial score (nSPS) is 14.1. The molecule has 1 fully saturated rings. The Balaban J connectivity index is 1.80. The van der Waals surface area contributed by atoms with Crippen LogP contribution in [0.2, 0.25) is 0 Å². The fraction of sp³-hybridized carbons (Fsp3) is 0.450. The zero-order valence-electron chi connectivity index (χ0n) is 15.4. The summed E-state index contributed by atoms with van der Waals surface area (Å²) < 4.78 is 5.41. The van der Waals surface area contributed by atoms with Gasteiger partial charge in [-0.25, -0.2) is 4.98 Å². The van der Waals surface area contributed by atoms with Gasteiger partial charge in [0.1, 0.15) is 0 Å². The van der Waals surface area contributed by atoms with Crippen LogP contribution < -0.4 is 0 Å². The van der Waals surface area contributed by atoms with Crippen molar-refractivity contribution in [3.05, 3.63) is 34.3 Å². The molecule has 0 spiro atoms. The largest absolute Gasteiger partial charge is 0.338 e. The molecule has 26 heavy (non-hydrogen) atoms. The fourth-order valence-corrected chi connectivity index (χ4v) is 4.12. The van der Waals surface area contributed by atoms with Gasteiger partial charge in [0.2, 0.25) is 0 Å². The molecule has 3 aromatic rings. The average Bonchev–Trinajstić information content (AvgIpc) is 3.22. The number of carbonyl (C=O) groups is 1. The first-order chi connectivity index (χ1) is 12.6. The lowest BCUT2D eigenvalue weighted by Crippen LogP contribution is -2.33. The number of hydrogen-bond donors (Lipinski definition) is 0. The lowest BCUT2D eigenvalue weighted by atomic mass is 10.1. The molecule has 6 heteroatoms. The summed E-state index contributed by atoms with van der Waals surface area (Å²) in [5.41, 5.74) is 2.59. The number of pyridine rings is 1. The molecule has 0 aliphatic heterocycles. The van der Waals surface area contributed by atoms with E-state index in [1.54, 1.807) is 11.3 Å². The van der Waals surface area contributed by atoms with Crippen molar-refractivity contribution in [2.45, 2.75) is 40.0 Å². The van der Waals surface area contributed by atoms with Crippen LogP contribution in [-0.2, 0) is 0 Å². The predicted octanol–water partition coefficient (Wildman–Crippen LogP) is 4.83. The highest BCUT2D eigenvalue weighted by atomic mass is 32.1. The van der Waals surface area contributed by atoms with E-state index in [0.29, 0.717) is 22.9 Å². The number of thiophene rings is 1. The molecule has 5 nitrogen and oxygen atoms in total. The Hall–Kier alpha value is -2.21. The second-order valence-electron chi connectivity index (χ2n) is 7.11. The van der Waals surface area contributed by atoms with Crippen molar-refractivity contribution in [1.82, 2.24) is 15.0 Å². The molecular weight excluding hydrogens is 346 g/mol. The maximum atomic E-state index is 13.4. The van der Waals surface area contributed by atoms with Crippen LogP contribution in [0.15, 0.2) is 22.7 Å². The average molecular weight is 369 g/mol. The summed E-state index contributed by atoms with van der Waals surface area (Å²) in [5, 5.41) is 4.79. The molecule has 0 unspecified atom stereocenters. The molecule has 3 heterocycles. The minimum atomic E-state index is 0.0620. The Morgan fingerprint density at radius 3 is 2.81 bits per heavy atom. The van der Waals surface area contributed by atoms with Crippen LogP contribution in [0, 0.1) is 19.8 Å². The molecule has 136 valence electrons. The van der Waals surface area contributed by atoms with Crippen LogP contribution in [0.4, 0.5) is 0 Å². The third-order valence-electron chi connectivity index (χ3n) is 4.80. The Labute approximate surface area is 157 Å². The van der Waals surface area contributed by atoms with Gasteiger partial charge in [-0.2, -0.15) is 0 Å². The van der Waals surface area contributed by atoms with Gasteiger partial charge in [0.25, 0.3) is 11.6 Å². The van der Waals surface area contributed by atoms with Crippen LogP contribution >= 0.6 is 11.3 Å². The topological polar surface area (TPSA) is 59.2 Å². The minimum Gasteiger partial charge on any atom is -0.338 e. The lowest BCUT2D eigenvalue weighted by molar-refractivity contribution is 0.0749. The third-order valence-corrected chi connectivity index (χ3v) is 5.82. The molecule has 1 aliphatic carbocycles. The minimum absolute atomic E-state index is 0.0620. The summed E-state index contributed by atoms with van der Waals surface area (Å²) in [6.07, 6.45) is 3.41. The number of rotatable bonds is 6. The van der Waals surface area contributed by atoms with Crippen molar-refractivity contribution in [2.24, 2.45) is 5.92 Å². The predicted molar refractivity (Wildman–Crippen MR) is 104 cm³/mol. The van der Waals surface area contributed by atoms with Crippen LogP contribution in [0.3, 0.4) is 0 Å². The number of aromatic nitrogens is 2. The van der Waals surface area contributed by atoms with Crippen LogP contribution in [-0.4, -0.2) is 34.0 Å². The smallest absolute Gasteiger partial charge is 0.259 e. The second-order valence-corrected chi connectivity index (χ2v) is 8.40. The summed E-state index contributed by atoms with van der Waals surface area (Å²) in [7, 11) is 0. The van der Waals surface area contributed by atoms with Crippen molar-refractivity contribution in [1.29, 1.82) is 0 Å². The molecule has 4 rings (SSSR count). The van der Waals surface area contributed by atoms with E-state index in [1.165, 1.54) is 17.7 Å². The van der Waals surface area contributed by atoms with E-state index in [9.17, 15) is 4.79 Å². The first-order valence-electron chi connectivity index (χ1n) is 9.20. The van der Waals surface area contributed by atoms with Gasteiger partial charge in [0, 0.05) is 18.0 Å². The van der Waals surface area contributed by atoms with E-state index in [-0.39, 0.29) is 5.91 Å². The number of fused-ring (bicyclic) bond motifs is 1. The van der Waals surface area contributed by atoms with E-state index in [2.05, 4.69) is 30.1 Å². The second kappa shape index (κ2) is 6.83. The van der Waals surface area contributed by atoms with Gasteiger partial charge in [-0.1, -0.05) is 12.1 Å². The maximum Gasteiger partial charge on any atom is 0.259 e. The quantitative estimate of drug-likeness (QED) is 0.624. The summed E-state index contributed by atoms with van der Waals surface area (Å²) >= 11 is 1.67. The monoisotopic (exact) mass is 369 g/mol. The Morgan fingerprint density at radius 2 is 2.15 bits per heavy atom. The highest BCUT2D eigenvalue weighted by Gasteiger charge is 2.29. The highest BCUT2D eigenvalue weighted by molar-refractivity contribution is 7.15. The van der Waals surface area contributed by atoms with Gasteiger partial charge in [-0.05, 0) is 57.2 Å². The number of hydrogen-bond acceptors (Lipinski definition) is 5. The molecule has 0 atom stereocenters. The van der Waals surface area contributed by atoms with Gasteiger partial charge in [-0.15, -0.1) is 11.3 Å². The zero-order chi connectivity index (χ0) is 18.3. The molecule has 3 aromatic heterocycles.